The predicted molar refractivity (Wildman–Crippen MR) is 64.0 cm³/mol. The van der Waals surface area contributed by atoms with Crippen molar-refractivity contribution >= 4 is 0 Å². The van der Waals surface area contributed by atoms with E-state index >= 15 is 0 Å². The van der Waals surface area contributed by atoms with Gasteiger partial charge in [-0.15, -0.1) is 0 Å². The molecule has 0 spiro atoms. The molecule has 0 aromatic rings. The van der Waals surface area contributed by atoms with E-state index in [2.05, 4.69) is 26.1 Å². The van der Waals surface area contributed by atoms with E-state index in [1.165, 1.54) is 0 Å². The maximum Gasteiger partial charge on any atom is 0.0664 e. The molecule has 92 valence electrons. The smallest absolute Gasteiger partial charge is 0.0664 e. The lowest BCUT2D eigenvalue weighted by molar-refractivity contribution is 0.140. The minimum atomic E-state index is -0.209. The van der Waals surface area contributed by atoms with Crippen LogP contribution in [0.3, 0.4) is 0 Å². The van der Waals surface area contributed by atoms with Gasteiger partial charge in [0.15, 0.2) is 0 Å². The maximum atomic E-state index is 9.61. The highest BCUT2D eigenvalue weighted by Gasteiger charge is 2.13. The first-order chi connectivity index (χ1) is 7.11. The van der Waals surface area contributed by atoms with Gasteiger partial charge in [-0.25, -0.2) is 0 Å². The number of nitrogens with one attached hydrogen (secondary N) is 1. The Balaban J connectivity index is 3.74. The van der Waals surface area contributed by atoms with Gasteiger partial charge in [0.25, 0.3) is 0 Å². The minimum absolute atomic E-state index is 0.209. The fourth-order valence-electron chi connectivity index (χ4n) is 1.64. The predicted octanol–water partition coefficient (Wildman–Crippen LogP) is 1.80. The summed E-state index contributed by atoms with van der Waals surface area (Å²) in [6.45, 7) is 7.95. The largest absolute Gasteiger partial charge is 0.392 e. The zero-order chi connectivity index (χ0) is 11.7. The molecule has 0 aliphatic rings. The maximum absolute atomic E-state index is 9.61. The number of aliphatic hydroxyl groups excluding tert-OH is 1. The van der Waals surface area contributed by atoms with Crippen LogP contribution in [0.1, 0.15) is 40.0 Å². The summed E-state index contributed by atoms with van der Waals surface area (Å²) in [4.78, 5) is 0. The van der Waals surface area contributed by atoms with E-state index in [-0.39, 0.29) is 6.10 Å². The van der Waals surface area contributed by atoms with E-state index in [1.807, 2.05) is 0 Å². The second-order valence-corrected chi connectivity index (χ2v) is 4.48. The Morgan fingerprint density at radius 1 is 1.27 bits per heavy atom. The van der Waals surface area contributed by atoms with Crippen molar-refractivity contribution in [1.82, 2.24) is 5.32 Å². The van der Waals surface area contributed by atoms with Crippen molar-refractivity contribution in [2.24, 2.45) is 5.92 Å². The van der Waals surface area contributed by atoms with E-state index in [0.29, 0.717) is 18.5 Å². The van der Waals surface area contributed by atoms with Crippen LogP contribution in [0.2, 0.25) is 0 Å². The molecule has 2 N–H and O–H groups in total. The molecular formula is C12H27NO2. The summed E-state index contributed by atoms with van der Waals surface area (Å²) in [5, 5.41) is 13.0. The quantitative estimate of drug-likeness (QED) is 0.619. The van der Waals surface area contributed by atoms with Crippen molar-refractivity contribution in [3.8, 4) is 0 Å². The van der Waals surface area contributed by atoms with Crippen LogP contribution in [0.4, 0.5) is 0 Å². The number of methoxy groups -OCH3 is 1. The van der Waals surface area contributed by atoms with Gasteiger partial charge in [0.1, 0.15) is 0 Å². The summed E-state index contributed by atoms with van der Waals surface area (Å²) in [6, 6.07) is 0.441. The molecule has 3 nitrogen and oxygen atoms in total. The van der Waals surface area contributed by atoms with Crippen LogP contribution >= 0.6 is 0 Å². The van der Waals surface area contributed by atoms with Crippen molar-refractivity contribution in [2.75, 3.05) is 20.3 Å². The SMILES string of the molecule is CCCC(O)CNC(CCOC)C(C)C. The van der Waals surface area contributed by atoms with Crippen LogP contribution in [-0.4, -0.2) is 37.5 Å². The molecule has 0 fully saturated rings. The van der Waals surface area contributed by atoms with Gasteiger partial charge in [-0.1, -0.05) is 27.2 Å². The number of aliphatic hydroxyl groups is 1. The number of hydrogen-bond donors (Lipinski definition) is 2. The normalized spacial score (nSPS) is 15.6. The summed E-state index contributed by atoms with van der Waals surface area (Å²) < 4.78 is 5.07. The zero-order valence-corrected chi connectivity index (χ0v) is 10.6. The first-order valence-electron chi connectivity index (χ1n) is 6.02. The van der Waals surface area contributed by atoms with Gasteiger partial charge in [-0.05, 0) is 18.8 Å². The highest BCUT2D eigenvalue weighted by molar-refractivity contribution is 4.72. The Morgan fingerprint density at radius 2 is 1.93 bits per heavy atom. The molecule has 2 unspecified atom stereocenters. The molecule has 0 aliphatic heterocycles. The third-order valence-corrected chi connectivity index (χ3v) is 2.68. The molecule has 0 saturated heterocycles. The fraction of sp³-hybridized carbons (Fsp3) is 1.00. The second kappa shape index (κ2) is 9.13. The summed E-state index contributed by atoms with van der Waals surface area (Å²) in [5.74, 6) is 0.578. The van der Waals surface area contributed by atoms with Crippen LogP contribution in [-0.2, 0) is 4.74 Å². The third-order valence-electron chi connectivity index (χ3n) is 2.68. The number of hydrogen-bond acceptors (Lipinski definition) is 3. The topological polar surface area (TPSA) is 41.5 Å². The lowest BCUT2D eigenvalue weighted by Crippen LogP contribution is -2.39. The summed E-state index contributed by atoms with van der Waals surface area (Å²) in [7, 11) is 1.73. The van der Waals surface area contributed by atoms with Gasteiger partial charge in [-0.3, -0.25) is 0 Å². The molecular weight excluding hydrogens is 190 g/mol. The van der Waals surface area contributed by atoms with Gasteiger partial charge in [0.2, 0.25) is 0 Å². The van der Waals surface area contributed by atoms with Crippen LogP contribution in [0.5, 0.6) is 0 Å². The molecule has 0 aliphatic carbocycles. The monoisotopic (exact) mass is 217 g/mol. The van der Waals surface area contributed by atoms with Crippen molar-refractivity contribution in [1.29, 1.82) is 0 Å². The van der Waals surface area contributed by atoms with Gasteiger partial charge in [-0.2, -0.15) is 0 Å². The van der Waals surface area contributed by atoms with Crippen LogP contribution in [0.15, 0.2) is 0 Å². The minimum Gasteiger partial charge on any atom is -0.392 e. The molecule has 0 amide bonds. The van der Waals surface area contributed by atoms with E-state index in [0.717, 1.165) is 25.9 Å². The molecule has 0 heterocycles. The van der Waals surface area contributed by atoms with Crippen LogP contribution in [0.25, 0.3) is 0 Å². The fourth-order valence-corrected chi connectivity index (χ4v) is 1.64. The van der Waals surface area contributed by atoms with E-state index in [4.69, 9.17) is 4.74 Å². The average Bonchev–Trinajstić information content (AvgIpc) is 2.17. The molecule has 0 saturated carbocycles. The molecule has 0 aromatic heterocycles. The lowest BCUT2D eigenvalue weighted by atomic mass is 10.0. The van der Waals surface area contributed by atoms with Crippen molar-refractivity contribution in [3.05, 3.63) is 0 Å². The lowest BCUT2D eigenvalue weighted by Gasteiger charge is -2.23. The molecule has 0 bridgehead atoms. The Morgan fingerprint density at radius 3 is 2.40 bits per heavy atom. The molecule has 0 radical (unpaired) electrons. The second-order valence-electron chi connectivity index (χ2n) is 4.48. The first kappa shape index (κ1) is 14.9. The standard InChI is InChI=1S/C12H27NO2/c1-5-6-11(14)9-13-12(10(2)3)7-8-15-4/h10-14H,5-9H2,1-4H3. The molecule has 15 heavy (non-hydrogen) atoms. The van der Waals surface area contributed by atoms with Gasteiger partial charge >= 0.3 is 0 Å². The highest BCUT2D eigenvalue weighted by Crippen LogP contribution is 2.06. The highest BCUT2D eigenvalue weighted by atomic mass is 16.5. The van der Waals surface area contributed by atoms with E-state index in [1.54, 1.807) is 7.11 Å². The number of rotatable bonds is 9. The Labute approximate surface area is 94.2 Å². The van der Waals surface area contributed by atoms with Crippen molar-refractivity contribution in [2.45, 2.75) is 52.2 Å². The van der Waals surface area contributed by atoms with E-state index < -0.39 is 0 Å². The van der Waals surface area contributed by atoms with Gasteiger partial charge in [0.05, 0.1) is 6.10 Å². The number of ether oxygens (including phenoxy) is 1. The molecule has 2 atom stereocenters. The Kier molecular flexibility index (Phi) is 9.06. The summed E-state index contributed by atoms with van der Waals surface area (Å²) in [6.07, 6.45) is 2.71. The van der Waals surface area contributed by atoms with Gasteiger partial charge < -0.3 is 15.2 Å². The Hall–Kier alpha value is -0.120. The Bertz CT molecular complexity index is 140. The molecule has 0 aromatic carbocycles. The average molecular weight is 217 g/mol. The zero-order valence-electron chi connectivity index (χ0n) is 10.6. The summed E-state index contributed by atoms with van der Waals surface area (Å²) in [5.41, 5.74) is 0. The first-order valence-corrected chi connectivity index (χ1v) is 6.02. The van der Waals surface area contributed by atoms with Crippen LogP contribution < -0.4 is 5.32 Å². The van der Waals surface area contributed by atoms with Crippen molar-refractivity contribution in [3.63, 3.8) is 0 Å². The molecule has 3 heteroatoms. The van der Waals surface area contributed by atoms with Crippen LogP contribution in [0, 0.1) is 5.92 Å². The van der Waals surface area contributed by atoms with Gasteiger partial charge in [0, 0.05) is 26.3 Å². The third kappa shape index (κ3) is 7.77. The van der Waals surface area contributed by atoms with E-state index in [9.17, 15) is 5.11 Å². The van der Waals surface area contributed by atoms with Crippen molar-refractivity contribution < 1.29 is 9.84 Å². The summed E-state index contributed by atoms with van der Waals surface area (Å²) >= 11 is 0. The molecule has 0 rings (SSSR count).